The van der Waals surface area contributed by atoms with Gasteiger partial charge in [0.15, 0.2) is 16.7 Å². The number of benzene rings is 2. The van der Waals surface area contributed by atoms with Gasteiger partial charge in [-0.05, 0) is 43.5 Å². The number of carbonyl (C=O) groups excluding carboxylic acids is 3. The summed E-state index contributed by atoms with van der Waals surface area (Å²) < 4.78 is 11.1. The van der Waals surface area contributed by atoms with Crippen molar-refractivity contribution >= 4 is 40.9 Å². The molecule has 1 atom stereocenters. The van der Waals surface area contributed by atoms with Crippen LogP contribution in [0, 0.1) is 0 Å². The highest BCUT2D eigenvalue weighted by atomic mass is 32.2. The molecule has 1 saturated heterocycles. The highest BCUT2D eigenvalue weighted by molar-refractivity contribution is 8.01. The normalized spacial score (nSPS) is 19.6. The maximum absolute atomic E-state index is 13.4. The van der Waals surface area contributed by atoms with Gasteiger partial charge in [-0.15, -0.1) is 11.8 Å². The molecule has 3 aliphatic heterocycles. The van der Waals surface area contributed by atoms with E-state index in [-0.39, 0.29) is 24.3 Å². The van der Waals surface area contributed by atoms with Crippen molar-refractivity contribution in [3.63, 3.8) is 0 Å². The number of carbonyl (C=O) groups is 3. The number of fused-ring (bicyclic) bond motifs is 2. The number of ether oxygens (including phenoxy) is 2. The number of nitrogens with one attached hydrogen (secondary N) is 1. The Morgan fingerprint density at radius 1 is 1.00 bits per heavy atom. The first-order valence-corrected chi connectivity index (χ1v) is 12.0. The van der Waals surface area contributed by atoms with E-state index in [0.717, 1.165) is 24.2 Å². The first kappa shape index (κ1) is 21.6. The molecule has 3 amide bonds. The lowest BCUT2D eigenvalue weighted by Gasteiger charge is -2.36. The van der Waals surface area contributed by atoms with Gasteiger partial charge in [-0.2, -0.15) is 0 Å². The molecular formula is C24H25N3O5S. The van der Waals surface area contributed by atoms with Gasteiger partial charge < -0.3 is 24.6 Å². The Morgan fingerprint density at radius 2 is 1.76 bits per heavy atom. The monoisotopic (exact) mass is 467 g/mol. The largest absolute Gasteiger partial charge is 0.486 e. The molecule has 0 radical (unpaired) electrons. The molecule has 2 aromatic rings. The van der Waals surface area contributed by atoms with Crippen LogP contribution in [0.5, 0.6) is 11.5 Å². The summed E-state index contributed by atoms with van der Waals surface area (Å²) >= 11 is 1.27. The van der Waals surface area contributed by atoms with Gasteiger partial charge in [0.2, 0.25) is 11.8 Å². The second-order valence-corrected chi connectivity index (χ2v) is 9.33. The van der Waals surface area contributed by atoms with Crippen LogP contribution < -0.4 is 19.7 Å². The maximum atomic E-state index is 13.4. The van der Waals surface area contributed by atoms with Gasteiger partial charge in [0.05, 0.1) is 5.69 Å². The number of thioether (sulfide) groups is 1. The highest BCUT2D eigenvalue weighted by Crippen LogP contribution is 2.40. The molecule has 8 nitrogen and oxygen atoms in total. The molecule has 3 aliphatic rings. The Labute approximate surface area is 196 Å². The standard InChI is InChI=1S/C24H25N3O5S/c28-21(25-16-8-9-18-19(14-16)32-13-12-31-18)15-27-17-6-2-3-7-20(17)33-22(24(27)30)23(29)26-10-4-1-5-11-26/h2-3,6-9,14,22H,1,4-5,10-13,15H2,(H,25,28)/t22-/m1/s1. The summed E-state index contributed by atoms with van der Waals surface area (Å²) in [4.78, 5) is 43.5. The van der Waals surface area contributed by atoms with E-state index in [2.05, 4.69) is 5.32 Å². The minimum atomic E-state index is -0.875. The van der Waals surface area contributed by atoms with Crippen molar-refractivity contribution in [2.75, 3.05) is 43.1 Å². The summed E-state index contributed by atoms with van der Waals surface area (Å²) in [6.45, 7) is 2.11. The molecule has 0 spiro atoms. The molecule has 0 unspecified atom stereocenters. The average molecular weight is 468 g/mol. The molecule has 5 rings (SSSR count). The van der Waals surface area contributed by atoms with Crippen molar-refractivity contribution in [3.05, 3.63) is 42.5 Å². The fraction of sp³-hybridized carbons (Fsp3) is 0.375. The van der Waals surface area contributed by atoms with Gasteiger partial charge in [0.1, 0.15) is 19.8 Å². The molecular weight excluding hydrogens is 442 g/mol. The first-order valence-electron chi connectivity index (χ1n) is 11.2. The van der Waals surface area contributed by atoms with Crippen molar-refractivity contribution in [2.24, 2.45) is 0 Å². The molecule has 0 aliphatic carbocycles. The third-order valence-electron chi connectivity index (χ3n) is 5.91. The maximum Gasteiger partial charge on any atom is 0.250 e. The van der Waals surface area contributed by atoms with Crippen molar-refractivity contribution in [1.29, 1.82) is 0 Å². The van der Waals surface area contributed by atoms with Gasteiger partial charge in [-0.25, -0.2) is 0 Å². The van der Waals surface area contributed by atoms with Gasteiger partial charge >= 0.3 is 0 Å². The second kappa shape index (κ2) is 9.35. The number of rotatable bonds is 4. The Balaban J connectivity index is 1.34. The van der Waals surface area contributed by atoms with Crippen LogP contribution in [0.1, 0.15) is 19.3 Å². The summed E-state index contributed by atoms with van der Waals surface area (Å²) in [7, 11) is 0. The zero-order chi connectivity index (χ0) is 22.8. The van der Waals surface area contributed by atoms with Crippen LogP contribution >= 0.6 is 11.8 Å². The van der Waals surface area contributed by atoms with Gasteiger partial charge in [-0.1, -0.05) is 12.1 Å². The number of likely N-dealkylation sites (tertiary alicyclic amines) is 1. The van der Waals surface area contributed by atoms with Gasteiger partial charge in [-0.3, -0.25) is 14.4 Å². The third-order valence-corrected chi connectivity index (χ3v) is 7.15. The zero-order valence-electron chi connectivity index (χ0n) is 18.1. The average Bonchev–Trinajstić information content (AvgIpc) is 2.85. The Hall–Kier alpha value is -3.20. The van der Waals surface area contributed by atoms with Crippen LogP contribution in [0.15, 0.2) is 47.4 Å². The van der Waals surface area contributed by atoms with Crippen molar-refractivity contribution in [2.45, 2.75) is 29.4 Å². The number of para-hydroxylation sites is 1. The molecule has 0 aromatic heterocycles. The van der Waals surface area contributed by atoms with Gasteiger partial charge in [0.25, 0.3) is 5.91 Å². The molecule has 2 aromatic carbocycles. The number of nitrogens with zero attached hydrogens (tertiary/aromatic N) is 2. The lowest BCUT2D eigenvalue weighted by Crippen LogP contribution is -2.52. The summed E-state index contributed by atoms with van der Waals surface area (Å²) in [5, 5.41) is 1.95. The minimum absolute atomic E-state index is 0.170. The number of hydrogen-bond acceptors (Lipinski definition) is 6. The molecule has 0 saturated carbocycles. The third kappa shape index (κ3) is 4.50. The van der Waals surface area contributed by atoms with Crippen molar-refractivity contribution < 1.29 is 23.9 Å². The molecule has 1 fully saturated rings. The number of piperidine rings is 1. The topological polar surface area (TPSA) is 88.2 Å². The molecule has 1 N–H and O–H groups in total. The van der Waals surface area contributed by atoms with E-state index in [9.17, 15) is 14.4 Å². The SMILES string of the molecule is O=C(CN1C(=O)[C@@H](C(=O)N2CCCCC2)Sc2ccccc21)Nc1ccc2c(c1)OCCO2. The van der Waals surface area contributed by atoms with Crippen LogP contribution in [-0.4, -0.2) is 60.7 Å². The van der Waals surface area contributed by atoms with E-state index in [0.29, 0.717) is 49.2 Å². The Kier molecular flexibility index (Phi) is 6.13. The van der Waals surface area contributed by atoms with E-state index in [1.54, 1.807) is 29.2 Å². The smallest absolute Gasteiger partial charge is 0.250 e. The van der Waals surface area contributed by atoms with Crippen LogP contribution in [-0.2, 0) is 14.4 Å². The van der Waals surface area contributed by atoms with E-state index < -0.39 is 5.25 Å². The quantitative estimate of drug-likeness (QED) is 0.696. The predicted molar refractivity (Wildman–Crippen MR) is 125 cm³/mol. The van der Waals surface area contributed by atoms with Crippen LogP contribution in [0.4, 0.5) is 11.4 Å². The Morgan fingerprint density at radius 3 is 2.58 bits per heavy atom. The van der Waals surface area contributed by atoms with Gasteiger partial charge in [0, 0.05) is 29.7 Å². The summed E-state index contributed by atoms with van der Waals surface area (Å²) in [5.74, 6) is 0.325. The fourth-order valence-electron chi connectivity index (χ4n) is 4.28. The van der Waals surface area contributed by atoms with Crippen LogP contribution in [0.2, 0.25) is 0 Å². The first-order chi connectivity index (χ1) is 16.1. The predicted octanol–water partition coefficient (Wildman–Crippen LogP) is 2.92. The van der Waals surface area contributed by atoms with Crippen molar-refractivity contribution in [3.8, 4) is 11.5 Å². The minimum Gasteiger partial charge on any atom is -0.486 e. The van der Waals surface area contributed by atoms with Crippen LogP contribution in [0.3, 0.4) is 0 Å². The van der Waals surface area contributed by atoms with E-state index in [1.807, 2.05) is 18.2 Å². The molecule has 3 heterocycles. The summed E-state index contributed by atoms with van der Waals surface area (Å²) in [5.41, 5.74) is 1.20. The summed E-state index contributed by atoms with van der Waals surface area (Å²) in [6.07, 6.45) is 3.01. The molecule has 172 valence electrons. The number of anilines is 2. The van der Waals surface area contributed by atoms with E-state index in [4.69, 9.17) is 9.47 Å². The Bertz CT molecular complexity index is 1090. The fourth-order valence-corrected chi connectivity index (χ4v) is 5.47. The zero-order valence-corrected chi connectivity index (χ0v) is 18.9. The highest BCUT2D eigenvalue weighted by Gasteiger charge is 2.41. The lowest BCUT2D eigenvalue weighted by atomic mass is 10.1. The number of hydrogen-bond donors (Lipinski definition) is 1. The van der Waals surface area contributed by atoms with E-state index in [1.165, 1.54) is 16.7 Å². The summed E-state index contributed by atoms with van der Waals surface area (Å²) in [6, 6.07) is 12.6. The molecule has 9 heteroatoms. The van der Waals surface area contributed by atoms with Crippen LogP contribution in [0.25, 0.3) is 0 Å². The molecule has 33 heavy (non-hydrogen) atoms. The van der Waals surface area contributed by atoms with E-state index >= 15 is 0 Å². The molecule has 0 bridgehead atoms. The lowest BCUT2D eigenvalue weighted by molar-refractivity contribution is -0.135. The second-order valence-electron chi connectivity index (χ2n) is 8.18. The number of amides is 3. The van der Waals surface area contributed by atoms with Crippen molar-refractivity contribution in [1.82, 2.24) is 4.90 Å².